The number of carbonyl (C=O) groups is 1. The second-order valence-corrected chi connectivity index (χ2v) is 9.11. The molecule has 0 spiro atoms. The van der Waals surface area contributed by atoms with E-state index >= 15 is 0 Å². The predicted octanol–water partition coefficient (Wildman–Crippen LogP) is 4.66. The maximum absolute atomic E-state index is 14.7. The Morgan fingerprint density at radius 2 is 1.90 bits per heavy atom. The standard InChI is InChI=1S/C24H25FN4OS/c25-20-15-19(24(30)29-13-11-28(12-14-29)16-17-6-7-17)8-9-21(20)27-31-22-5-1-3-18-4-2-10-26-23(18)22/h1-5,8-10,15,17,27H,6-7,11-14,16H2. The third kappa shape index (κ3) is 4.67. The number of carbonyl (C=O) groups excluding carboxylic acids is 1. The van der Waals surface area contributed by atoms with Crippen LogP contribution >= 0.6 is 11.9 Å². The molecule has 1 N–H and O–H groups in total. The number of hydrogen-bond donors (Lipinski definition) is 1. The van der Waals surface area contributed by atoms with Crippen LogP contribution in [0, 0.1) is 11.7 Å². The molecule has 1 aliphatic carbocycles. The summed E-state index contributed by atoms with van der Waals surface area (Å²) in [6.07, 6.45) is 4.43. The Labute approximate surface area is 185 Å². The van der Waals surface area contributed by atoms with Gasteiger partial charge in [-0.25, -0.2) is 4.39 Å². The van der Waals surface area contributed by atoms with Crippen LogP contribution in [0.15, 0.2) is 59.6 Å². The van der Waals surface area contributed by atoms with E-state index in [2.05, 4.69) is 14.6 Å². The van der Waals surface area contributed by atoms with Gasteiger partial charge in [0.2, 0.25) is 0 Å². The molecular weight excluding hydrogens is 411 g/mol. The summed E-state index contributed by atoms with van der Waals surface area (Å²) in [6.45, 7) is 4.37. The first-order valence-corrected chi connectivity index (χ1v) is 11.6. The van der Waals surface area contributed by atoms with E-state index in [1.165, 1.54) is 30.9 Å². The molecule has 1 aromatic heterocycles. The number of anilines is 1. The van der Waals surface area contributed by atoms with Crippen LogP contribution in [0.25, 0.3) is 10.9 Å². The van der Waals surface area contributed by atoms with Gasteiger partial charge in [0.05, 0.1) is 16.1 Å². The number of rotatable bonds is 6. The Hall–Kier alpha value is -2.64. The number of amides is 1. The van der Waals surface area contributed by atoms with Crippen molar-refractivity contribution in [2.75, 3.05) is 37.4 Å². The molecule has 3 aromatic rings. The van der Waals surface area contributed by atoms with Crippen molar-refractivity contribution in [2.45, 2.75) is 17.7 Å². The van der Waals surface area contributed by atoms with Crippen molar-refractivity contribution < 1.29 is 9.18 Å². The van der Waals surface area contributed by atoms with Gasteiger partial charge in [0.25, 0.3) is 5.91 Å². The van der Waals surface area contributed by atoms with Gasteiger partial charge in [-0.3, -0.25) is 14.7 Å². The van der Waals surface area contributed by atoms with Crippen molar-refractivity contribution in [1.29, 1.82) is 0 Å². The molecule has 1 amide bonds. The fraction of sp³-hybridized carbons (Fsp3) is 0.333. The number of hydrogen-bond acceptors (Lipinski definition) is 5. The Kier molecular flexibility index (Phi) is 5.78. The lowest BCUT2D eigenvalue weighted by Gasteiger charge is -2.34. The number of nitrogens with one attached hydrogen (secondary N) is 1. The number of piperazine rings is 1. The molecule has 7 heteroatoms. The van der Waals surface area contributed by atoms with Gasteiger partial charge < -0.3 is 9.62 Å². The molecule has 1 aliphatic heterocycles. The number of para-hydroxylation sites is 1. The summed E-state index contributed by atoms with van der Waals surface area (Å²) in [5.41, 5.74) is 1.62. The molecule has 1 saturated heterocycles. The molecule has 0 unspecified atom stereocenters. The smallest absolute Gasteiger partial charge is 0.254 e. The molecular formula is C24H25FN4OS. The topological polar surface area (TPSA) is 48.5 Å². The van der Waals surface area contributed by atoms with Crippen LogP contribution in [-0.4, -0.2) is 53.4 Å². The second kappa shape index (κ2) is 8.85. The highest BCUT2D eigenvalue weighted by molar-refractivity contribution is 8.00. The normalized spacial score (nSPS) is 17.1. The highest BCUT2D eigenvalue weighted by Gasteiger charge is 2.28. The van der Waals surface area contributed by atoms with E-state index in [1.54, 1.807) is 18.3 Å². The summed E-state index contributed by atoms with van der Waals surface area (Å²) in [5, 5.41) is 1.04. The van der Waals surface area contributed by atoms with Crippen molar-refractivity contribution in [2.24, 2.45) is 5.92 Å². The summed E-state index contributed by atoms with van der Waals surface area (Å²) < 4.78 is 17.8. The number of aromatic nitrogens is 1. The molecule has 31 heavy (non-hydrogen) atoms. The number of nitrogens with zero attached hydrogens (tertiary/aromatic N) is 3. The zero-order valence-corrected chi connectivity index (χ0v) is 18.1. The van der Waals surface area contributed by atoms with Crippen molar-refractivity contribution in [3.63, 3.8) is 0 Å². The average molecular weight is 437 g/mol. The summed E-state index contributed by atoms with van der Waals surface area (Å²) in [4.78, 5) is 22.5. The molecule has 0 radical (unpaired) electrons. The van der Waals surface area contributed by atoms with Gasteiger partial charge in [-0.05, 0) is 61.0 Å². The Morgan fingerprint density at radius 3 is 2.68 bits per heavy atom. The first-order valence-electron chi connectivity index (χ1n) is 10.8. The van der Waals surface area contributed by atoms with Crippen molar-refractivity contribution in [1.82, 2.24) is 14.8 Å². The van der Waals surface area contributed by atoms with Gasteiger partial charge in [-0.15, -0.1) is 0 Å². The largest absolute Gasteiger partial charge is 0.336 e. The maximum Gasteiger partial charge on any atom is 0.254 e. The van der Waals surface area contributed by atoms with Gasteiger partial charge in [-0.2, -0.15) is 0 Å². The Bertz CT molecular complexity index is 1090. The Balaban J connectivity index is 1.22. The van der Waals surface area contributed by atoms with E-state index in [1.807, 2.05) is 35.2 Å². The number of fused-ring (bicyclic) bond motifs is 1. The molecule has 0 atom stereocenters. The highest BCUT2D eigenvalue weighted by Crippen LogP contribution is 2.30. The molecule has 1 saturated carbocycles. The zero-order chi connectivity index (χ0) is 21.2. The number of halogens is 1. The lowest BCUT2D eigenvalue weighted by atomic mass is 10.1. The minimum atomic E-state index is -0.432. The quantitative estimate of drug-likeness (QED) is 0.570. The third-order valence-electron chi connectivity index (χ3n) is 5.96. The minimum Gasteiger partial charge on any atom is -0.336 e. The number of benzene rings is 2. The van der Waals surface area contributed by atoms with Crippen LogP contribution in [0.4, 0.5) is 10.1 Å². The lowest BCUT2D eigenvalue weighted by molar-refractivity contribution is 0.0631. The van der Waals surface area contributed by atoms with Crippen LogP contribution < -0.4 is 4.72 Å². The fourth-order valence-electron chi connectivity index (χ4n) is 3.98. The van der Waals surface area contributed by atoms with Gasteiger partial charge in [0.15, 0.2) is 0 Å². The molecule has 0 bridgehead atoms. The van der Waals surface area contributed by atoms with E-state index in [0.717, 1.165) is 41.4 Å². The molecule has 5 nitrogen and oxygen atoms in total. The van der Waals surface area contributed by atoms with E-state index < -0.39 is 5.82 Å². The summed E-state index contributed by atoms with van der Waals surface area (Å²) >= 11 is 1.32. The predicted molar refractivity (Wildman–Crippen MR) is 123 cm³/mol. The van der Waals surface area contributed by atoms with E-state index in [9.17, 15) is 9.18 Å². The van der Waals surface area contributed by atoms with Crippen molar-refractivity contribution >= 4 is 34.4 Å². The summed E-state index contributed by atoms with van der Waals surface area (Å²) in [7, 11) is 0. The Morgan fingerprint density at radius 1 is 1.10 bits per heavy atom. The lowest BCUT2D eigenvalue weighted by Crippen LogP contribution is -2.49. The van der Waals surface area contributed by atoms with Crippen LogP contribution in [0.1, 0.15) is 23.2 Å². The zero-order valence-electron chi connectivity index (χ0n) is 17.3. The third-order valence-corrected chi connectivity index (χ3v) is 6.83. The molecule has 2 aliphatic rings. The highest BCUT2D eigenvalue weighted by atomic mass is 32.2. The summed E-state index contributed by atoms with van der Waals surface area (Å²) in [5.74, 6) is 0.334. The number of pyridine rings is 1. The molecule has 2 heterocycles. The minimum absolute atomic E-state index is 0.0950. The monoisotopic (exact) mass is 436 g/mol. The van der Waals surface area contributed by atoms with Gasteiger partial charge in [-0.1, -0.05) is 18.2 Å². The van der Waals surface area contributed by atoms with Crippen molar-refractivity contribution in [3.05, 3.63) is 66.1 Å². The second-order valence-electron chi connectivity index (χ2n) is 8.27. The average Bonchev–Trinajstić information content (AvgIpc) is 3.62. The van der Waals surface area contributed by atoms with Gasteiger partial charge in [0, 0.05) is 49.9 Å². The fourth-order valence-corrected chi connectivity index (χ4v) is 4.78. The van der Waals surface area contributed by atoms with Crippen LogP contribution in [-0.2, 0) is 0 Å². The first-order chi connectivity index (χ1) is 15.2. The van der Waals surface area contributed by atoms with Gasteiger partial charge in [0.1, 0.15) is 5.82 Å². The molecule has 160 valence electrons. The summed E-state index contributed by atoms with van der Waals surface area (Å²) in [6, 6.07) is 14.5. The van der Waals surface area contributed by atoms with Crippen LogP contribution in [0.5, 0.6) is 0 Å². The first kappa shape index (κ1) is 20.3. The van der Waals surface area contributed by atoms with Gasteiger partial charge >= 0.3 is 0 Å². The van der Waals surface area contributed by atoms with Crippen LogP contribution in [0.2, 0.25) is 0 Å². The molecule has 2 fully saturated rings. The van der Waals surface area contributed by atoms with Crippen molar-refractivity contribution in [3.8, 4) is 0 Å². The van der Waals surface area contributed by atoms with E-state index in [4.69, 9.17) is 0 Å². The molecule has 5 rings (SSSR count). The SMILES string of the molecule is O=C(c1ccc(NSc2cccc3cccnc23)c(F)c1)N1CCN(CC2CC2)CC1. The van der Waals surface area contributed by atoms with E-state index in [0.29, 0.717) is 24.3 Å². The maximum atomic E-state index is 14.7. The molecule has 2 aromatic carbocycles. The van der Waals surface area contributed by atoms with Crippen LogP contribution in [0.3, 0.4) is 0 Å². The van der Waals surface area contributed by atoms with E-state index in [-0.39, 0.29) is 5.91 Å².